The predicted octanol–water partition coefficient (Wildman–Crippen LogP) is 3.83. The van der Waals surface area contributed by atoms with E-state index in [2.05, 4.69) is 27.7 Å². The smallest absolute Gasteiger partial charge is 0.292 e. The zero-order valence-corrected chi connectivity index (χ0v) is 12.3. The SMILES string of the molecule is CC(CC(=O)O[Si](C)(C)C)CC(C)(C)C. The predicted molar refractivity (Wildman–Crippen MR) is 67.3 cm³/mol. The number of carbonyl (C=O) groups excluding carboxylic acids is 1. The first kappa shape index (κ1) is 14.7. The third kappa shape index (κ3) is 9.98. The van der Waals surface area contributed by atoms with Gasteiger partial charge in [-0.05, 0) is 37.4 Å². The molecular formula is C12H26O2Si. The van der Waals surface area contributed by atoms with E-state index in [4.69, 9.17) is 4.43 Å². The fourth-order valence-electron chi connectivity index (χ4n) is 1.79. The Morgan fingerprint density at radius 2 is 1.73 bits per heavy atom. The van der Waals surface area contributed by atoms with Gasteiger partial charge in [-0.2, -0.15) is 0 Å². The molecule has 3 heteroatoms. The Bertz CT molecular complexity index is 211. The topological polar surface area (TPSA) is 26.3 Å². The van der Waals surface area contributed by atoms with Crippen molar-refractivity contribution >= 4 is 14.3 Å². The molecule has 0 aromatic rings. The number of rotatable bonds is 4. The molecule has 0 rings (SSSR count). The van der Waals surface area contributed by atoms with Crippen molar-refractivity contribution in [3.8, 4) is 0 Å². The molecule has 2 nitrogen and oxygen atoms in total. The van der Waals surface area contributed by atoms with Crippen LogP contribution in [0.3, 0.4) is 0 Å². The van der Waals surface area contributed by atoms with Crippen molar-refractivity contribution in [1.29, 1.82) is 0 Å². The van der Waals surface area contributed by atoms with Gasteiger partial charge in [0, 0.05) is 6.42 Å². The Labute approximate surface area is 95.5 Å². The first-order valence-electron chi connectivity index (χ1n) is 5.71. The maximum Gasteiger partial charge on any atom is 0.292 e. The van der Waals surface area contributed by atoms with Crippen molar-refractivity contribution in [2.45, 2.75) is 60.2 Å². The number of carbonyl (C=O) groups is 1. The average molecular weight is 230 g/mol. The molecule has 0 aliphatic heterocycles. The van der Waals surface area contributed by atoms with Gasteiger partial charge >= 0.3 is 0 Å². The van der Waals surface area contributed by atoms with E-state index in [0.29, 0.717) is 17.8 Å². The standard InChI is InChI=1S/C12H26O2Si/c1-10(9-12(2,3)4)8-11(13)14-15(5,6)7/h10H,8-9H2,1-7H3. The van der Waals surface area contributed by atoms with E-state index in [1.807, 2.05) is 19.6 Å². The second kappa shape index (κ2) is 5.15. The Hall–Kier alpha value is -0.313. The zero-order chi connectivity index (χ0) is 12.3. The number of hydrogen-bond donors (Lipinski definition) is 0. The van der Waals surface area contributed by atoms with E-state index in [1.54, 1.807) is 0 Å². The van der Waals surface area contributed by atoms with Crippen LogP contribution in [0.5, 0.6) is 0 Å². The highest BCUT2D eigenvalue weighted by atomic mass is 28.4. The molecule has 0 aliphatic carbocycles. The second-order valence-corrected chi connectivity index (χ2v) is 11.1. The lowest BCUT2D eigenvalue weighted by atomic mass is 9.84. The first-order valence-corrected chi connectivity index (χ1v) is 9.12. The fraction of sp³-hybridized carbons (Fsp3) is 0.917. The van der Waals surface area contributed by atoms with Crippen LogP contribution in [-0.4, -0.2) is 14.3 Å². The van der Waals surface area contributed by atoms with Gasteiger partial charge in [-0.25, -0.2) is 0 Å². The lowest BCUT2D eigenvalue weighted by Crippen LogP contribution is -2.30. The molecule has 0 aromatic heterocycles. The lowest BCUT2D eigenvalue weighted by molar-refractivity contribution is -0.136. The van der Waals surface area contributed by atoms with Crippen LogP contribution in [-0.2, 0) is 9.22 Å². The fourth-order valence-corrected chi connectivity index (χ4v) is 2.55. The molecule has 1 atom stereocenters. The Balaban J connectivity index is 3.98. The number of hydrogen-bond acceptors (Lipinski definition) is 2. The molecule has 15 heavy (non-hydrogen) atoms. The van der Waals surface area contributed by atoms with E-state index in [9.17, 15) is 4.79 Å². The van der Waals surface area contributed by atoms with E-state index < -0.39 is 8.32 Å². The highest BCUT2D eigenvalue weighted by Gasteiger charge is 2.23. The van der Waals surface area contributed by atoms with Crippen LogP contribution < -0.4 is 0 Å². The Morgan fingerprint density at radius 3 is 2.07 bits per heavy atom. The summed E-state index contributed by atoms with van der Waals surface area (Å²) in [6.45, 7) is 14.8. The molecule has 0 N–H and O–H groups in total. The molecule has 1 unspecified atom stereocenters. The van der Waals surface area contributed by atoms with Crippen molar-refractivity contribution in [3.63, 3.8) is 0 Å². The second-order valence-electron chi connectivity index (χ2n) is 6.66. The van der Waals surface area contributed by atoms with E-state index >= 15 is 0 Å². The largest absolute Gasteiger partial charge is 0.520 e. The summed E-state index contributed by atoms with van der Waals surface area (Å²) in [7, 11) is -1.70. The summed E-state index contributed by atoms with van der Waals surface area (Å²) in [4.78, 5) is 11.6. The average Bonchev–Trinajstić information content (AvgIpc) is 1.73. The molecule has 0 saturated carbocycles. The summed E-state index contributed by atoms with van der Waals surface area (Å²) in [6, 6.07) is 0. The summed E-state index contributed by atoms with van der Waals surface area (Å²) in [5, 5.41) is 0. The van der Waals surface area contributed by atoms with Gasteiger partial charge in [-0.3, -0.25) is 4.79 Å². The van der Waals surface area contributed by atoms with Crippen molar-refractivity contribution in [1.82, 2.24) is 0 Å². The molecular weight excluding hydrogens is 204 g/mol. The van der Waals surface area contributed by atoms with E-state index in [1.165, 1.54) is 0 Å². The maximum absolute atomic E-state index is 11.6. The van der Waals surface area contributed by atoms with Gasteiger partial charge < -0.3 is 4.43 Å². The van der Waals surface area contributed by atoms with Crippen LogP contribution in [0.2, 0.25) is 19.6 Å². The summed E-state index contributed by atoms with van der Waals surface area (Å²) >= 11 is 0. The Kier molecular flexibility index (Phi) is 5.04. The highest BCUT2D eigenvalue weighted by Crippen LogP contribution is 2.26. The molecule has 0 saturated heterocycles. The normalized spacial score (nSPS) is 14.9. The van der Waals surface area contributed by atoms with Crippen LogP contribution >= 0.6 is 0 Å². The molecule has 0 aromatic carbocycles. The molecule has 0 heterocycles. The van der Waals surface area contributed by atoms with Crippen LogP contribution in [0.1, 0.15) is 40.5 Å². The maximum atomic E-state index is 11.6. The van der Waals surface area contributed by atoms with Gasteiger partial charge in [0.25, 0.3) is 5.97 Å². The van der Waals surface area contributed by atoms with Gasteiger partial charge in [-0.15, -0.1) is 0 Å². The summed E-state index contributed by atoms with van der Waals surface area (Å²) in [5.41, 5.74) is 0.291. The van der Waals surface area contributed by atoms with E-state index in [0.717, 1.165) is 6.42 Å². The minimum Gasteiger partial charge on any atom is -0.520 e. The minimum atomic E-state index is -1.70. The van der Waals surface area contributed by atoms with Gasteiger partial charge in [0.15, 0.2) is 0 Å². The highest BCUT2D eigenvalue weighted by molar-refractivity contribution is 6.71. The molecule has 0 spiro atoms. The van der Waals surface area contributed by atoms with Gasteiger partial charge in [0.1, 0.15) is 0 Å². The van der Waals surface area contributed by atoms with Crippen molar-refractivity contribution in [2.24, 2.45) is 11.3 Å². The quantitative estimate of drug-likeness (QED) is 0.686. The molecule has 0 radical (unpaired) electrons. The van der Waals surface area contributed by atoms with Gasteiger partial charge in [0.2, 0.25) is 8.32 Å². The summed E-state index contributed by atoms with van der Waals surface area (Å²) < 4.78 is 5.42. The molecule has 0 fully saturated rings. The van der Waals surface area contributed by atoms with Crippen LogP contribution in [0, 0.1) is 11.3 Å². The van der Waals surface area contributed by atoms with Gasteiger partial charge in [-0.1, -0.05) is 27.7 Å². The summed E-state index contributed by atoms with van der Waals surface area (Å²) in [6.07, 6.45) is 1.62. The molecule has 0 bridgehead atoms. The third-order valence-electron chi connectivity index (χ3n) is 1.90. The van der Waals surface area contributed by atoms with Crippen molar-refractivity contribution in [2.75, 3.05) is 0 Å². The van der Waals surface area contributed by atoms with Gasteiger partial charge in [0.05, 0.1) is 0 Å². The minimum absolute atomic E-state index is 0.0223. The first-order chi connectivity index (χ1) is 6.49. The van der Waals surface area contributed by atoms with Crippen LogP contribution in [0.15, 0.2) is 0 Å². The zero-order valence-electron chi connectivity index (χ0n) is 11.3. The summed E-state index contributed by atoms with van der Waals surface area (Å²) in [5.74, 6) is 0.389. The lowest BCUT2D eigenvalue weighted by Gasteiger charge is -2.24. The molecule has 0 aliphatic rings. The van der Waals surface area contributed by atoms with Crippen LogP contribution in [0.4, 0.5) is 0 Å². The van der Waals surface area contributed by atoms with E-state index in [-0.39, 0.29) is 5.97 Å². The third-order valence-corrected chi connectivity index (χ3v) is 2.74. The van der Waals surface area contributed by atoms with Crippen LogP contribution in [0.25, 0.3) is 0 Å². The Morgan fingerprint density at radius 1 is 1.27 bits per heavy atom. The molecule has 0 amide bonds. The van der Waals surface area contributed by atoms with Crippen molar-refractivity contribution < 1.29 is 9.22 Å². The molecule has 90 valence electrons. The van der Waals surface area contributed by atoms with Crippen molar-refractivity contribution in [3.05, 3.63) is 0 Å². The monoisotopic (exact) mass is 230 g/mol.